The van der Waals surface area contributed by atoms with Crippen molar-refractivity contribution in [3.8, 4) is 11.1 Å². The van der Waals surface area contributed by atoms with Crippen molar-refractivity contribution in [2.45, 2.75) is 18.4 Å². The second-order valence-corrected chi connectivity index (χ2v) is 5.45. The molecule has 1 aromatic heterocycles. The normalized spacial score (nSPS) is 23.3. The molecule has 0 bridgehead atoms. The third-order valence-electron chi connectivity index (χ3n) is 4.17. The number of benzene rings is 1. The molecule has 2 aromatic rings. The molecule has 1 aromatic carbocycles. The molecule has 0 saturated carbocycles. The molecular weight excluding hydrogens is 270 g/mol. The minimum absolute atomic E-state index is 0.361. The third kappa shape index (κ3) is 1.62. The number of aryl methyl sites for hydroxylation is 2. The Morgan fingerprint density at radius 2 is 2.19 bits per heavy atom. The van der Waals surface area contributed by atoms with E-state index < -0.39 is 11.7 Å². The van der Waals surface area contributed by atoms with Crippen molar-refractivity contribution < 1.29 is 14.3 Å². The topological polar surface area (TPSA) is 73.2 Å². The van der Waals surface area contributed by atoms with Gasteiger partial charge in [-0.05, 0) is 17.5 Å². The Kier molecular flexibility index (Phi) is 2.28. The van der Waals surface area contributed by atoms with E-state index in [1.54, 1.807) is 10.9 Å². The molecule has 106 valence electrons. The second kappa shape index (κ2) is 3.94. The predicted octanol–water partition coefficient (Wildman–Crippen LogP) is 1.50. The lowest BCUT2D eigenvalue weighted by atomic mass is 9.94. The van der Waals surface area contributed by atoms with Gasteiger partial charge in [-0.2, -0.15) is 5.10 Å². The van der Waals surface area contributed by atoms with Gasteiger partial charge in [-0.25, -0.2) is 4.79 Å². The first-order chi connectivity index (χ1) is 10.1. The Balaban J connectivity index is 1.79. The molecule has 1 aliphatic heterocycles. The maximum absolute atomic E-state index is 12.1. The Hall–Kier alpha value is -2.63. The summed E-state index contributed by atoms with van der Waals surface area (Å²) in [5.74, 6) is -0.361. The average Bonchev–Trinajstić information content (AvgIpc) is 3.11. The van der Waals surface area contributed by atoms with Gasteiger partial charge >= 0.3 is 6.09 Å². The maximum atomic E-state index is 12.1. The number of carbonyl (C=O) groups is 2. The second-order valence-electron chi connectivity index (χ2n) is 5.45. The van der Waals surface area contributed by atoms with Gasteiger partial charge in [0.05, 0.1) is 6.20 Å². The van der Waals surface area contributed by atoms with Crippen LogP contribution in [0.1, 0.15) is 17.5 Å². The average molecular weight is 283 g/mol. The van der Waals surface area contributed by atoms with Gasteiger partial charge in [0.15, 0.2) is 0 Å². The lowest BCUT2D eigenvalue weighted by Gasteiger charge is -2.19. The Bertz CT molecular complexity index is 780. The number of nitrogens with one attached hydrogen (secondary N) is 1. The molecule has 2 heterocycles. The van der Waals surface area contributed by atoms with Crippen molar-refractivity contribution in [3.05, 3.63) is 41.7 Å². The van der Waals surface area contributed by atoms with E-state index in [9.17, 15) is 9.59 Å². The number of rotatable bonds is 1. The smallest absolute Gasteiger partial charge is 0.415 e. The zero-order chi connectivity index (χ0) is 14.6. The van der Waals surface area contributed by atoms with Crippen LogP contribution >= 0.6 is 0 Å². The summed E-state index contributed by atoms with van der Waals surface area (Å²) in [6.45, 7) is 0. The van der Waals surface area contributed by atoms with E-state index in [0.717, 1.165) is 22.3 Å². The van der Waals surface area contributed by atoms with Gasteiger partial charge in [-0.1, -0.05) is 18.2 Å². The third-order valence-corrected chi connectivity index (χ3v) is 4.17. The number of hydrogen-bond acceptors (Lipinski definition) is 4. The monoisotopic (exact) mass is 283 g/mol. The highest BCUT2D eigenvalue weighted by molar-refractivity contribution is 6.04. The SMILES string of the molecule is Cn1cc(-c2ccc3c(c2)CC[C@]32OC(=O)NC2=O)cn1. The Morgan fingerprint density at radius 1 is 1.33 bits per heavy atom. The first-order valence-electron chi connectivity index (χ1n) is 6.75. The molecule has 1 fully saturated rings. The molecule has 1 aliphatic carbocycles. The largest absolute Gasteiger partial charge is 0.427 e. The summed E-state index contributed by atoms with van der Waals surface area (Å²) in [6, 6.07) is 5.85. The summed E-state index contributed by atoms with van der Waals surface area (Å²) in [6.07, 6.45) is 4.29. The zero-order valence-corrected chi connectivity index (χ0v) is 11.4. The van der Waals surface area contributed by atoms with Crippen LogP contribution in [0.3, 0.4) is 0 Å². The van der Waals surface area contributed by atoms with Gasteiger partial charge in [-0.15, -0.1) is 0 Å². The predicted molar refractivity (Wildman–Crippen MR) is 73.3 cm³/mol. The molecule has 1 saturated heterocycles. The fourth-order valence-corrected chi connectivity index (χ4v) is 3.16. The van der Waals surface area contributed by atoms with Crippen molar-refractivity contribution in [2.75, 3.05) is 0 Å². The number of carbonyl (C=O) groups excluding carboxylic acids is 2. The summed E-state index contributed by atoms with van der Waals surface area (Å²) in [4.78, 5) is 23.4. The highest BCUT2D eigenvalue weighted by atomic mass is 16.6. The quantitative estimate of drug-likeness (QED) is 0.860. The Labute approximate surface area is 120 Å². The minimum atomic E-state index is -1.13. The van der Waals surface area contributed by atoms with Gasteiger partial charge in [-0.3, -0.25) is 14.8 Å². The van der Waals surface area contributed by atoms with Crippen molar-refractivity contribution >= 4 is 12.0 Å². The van der Waals surface area contributed by atoms with E-state index in [2.05, 4.69) is 10.4 Å². The van der Waals surface area contributed by atoms with Gasteiger partial charge in [0, 0.05) is 30.8 Å². The van der Waals surface area contributed by atoms with Crippen LogP contribution in [0.15, 0.2) is 30.6 Å². The fourth-order valence-electron chi connectivity index (χ4n) is 3.16. The molecular formula is C15H13N3O3. The van der Waals surface area contributed by atoms with Gasteiger partial charge < -0.3 is 4.74 Å². The number of amides is 2. The molecule has 0 unspecified atom stereocenters. The van der Waals surface area contributed by atoms with E-state index >= 15 is 0 Å². The number of alkyl carbamates (subject to hydrolysis) is 1. The van der Waals surface area contributed by atoms with Crippen LogP contribution in [0.25, 0.3) is 11.1 Å². The van der Waals surface area contributed by atoms with Crippen LogP contribution < -0.4 is 5.32 Å². The van der Waals surface area contributed by atoms with E-state index in [1.165, 1.54) is 0 Å². The molecule has 6 nitrogen and oxygen atoms in total. The van der Waals surface area contributed by atoms with E-state index in [1.807, 2.05) is 31.4 Å². The highest BCUT2D eigenvalue weighted by Gasteiger charge is 2.54. The molecule has 0 radical (unpaired) electrons. The molecule has 2 aliphatic rings. The number of hydrogen-bond donors (Lipinski definition) is 1. The Morgan fingerprint density at radius 3 is 2.86 bits per heavy atom. The fraction of sp³-hybridized carbons (Fsp3) is 0.267. The summed E-state index contributed by atoms with van der Waals surface area (Å²) >= 11 is 0. The lowest BCUT2D eigenvalue weighted by Crippen LogP contribution is -2.34. The maximum Gasteiger partial charge on any atom is 0.415 e. The number of nitrogens with zero attached hydrogens (tertiary/aromatic N) is 2. The van der Waals surface area contributed by atoms with Crippen molar-refractivity contribution in [1.29, 1.82) is 0 Å². The van der Waals surface area contributed by atoms with Crippen molar-refractivity contribution in [1.82, 2.24) is 15.1 Å². The molecule has 1 atom stereocenters. The van der Waals surface area contributed by atoms with Gasteiger partial charge in [0.1, 0.15) is 0 Å². The van der Waals surface area contributed by atoms with Gasteiger partial charge in [0.2, 0.25) is 5.60 Å². The van der Waals surface area contributed by atoms with Crippen LogP contribution in [-0.4, -0.2) is 21.8 Å². The van der Waals surface area contributed by atoms with Gasteiger partial charge in [0.25, 0.3) is 5.91 Å². The van der Waals surface area contributed by atoms with E-state index in [4.69, 9.17) is 4.74 Å². The summed E-state index contributed by atoms with van der Waals surface area (Å²) in [7, 11) is 1.87. The molecule has 1 spiro atoms. The zero-order valence-electron chi connectivity index (χ0n) is 11.4. The lowest BCUT2D eigenvalue weighted by molar-refractivity contribution is -0.131. The molecule has 4 rings (SSSR count). The standard InChI is InChI=1S/C15H13N3O3/c1-18-8-11(7-16-18)9-2-3-12-10(6-9)4-5-15(12)13(19)17-14(20)21-15/h2-3,6-8H,4-5H2,1H3,(H,17,19,20)/t15-/m0/s1. The van der Waals surface area contributed by atoms with E-state index in [-0.39, 0.29) is 5.91 Å². The highest BCUT2D eigenvalue weighted by Crippen LogP contribution is 2.43. The number of imide groups is 1. The summed E-state index contributed by atoms with van der Waals surface area (Å²) in [5, 5.41) is 6.39. The van der Waals surface area contributed by atoms with Crippen LogP contribution in [0.2, 0.25) is 0 Å². The molecule has 1 N–H and O–H groups in total. The van der Waals surface area contributed by atoms with Crippen molar-refractivity contribution in [3.63, 3.8) is 0 Å². The first-order valence-corrected chi connectivity index (χ1v) is 6.75. The molecule has 6 heteroatoms. The number of fused-ring (bicyclic) bond motifs is 2. The molecule has 2 amide bonds. The first kappa shape index (κ1) is 12.1. The number of aromatic nitrogens is 2. The van der Waals surface area contributed by atoms with Crippen LogP contribution in [-0.2, 0) is 28.6 Å². The molecule has 21 heavy (non-hydrogen) atoms. The van der Waals surface area contributed by atoms with Crippen molar-refractivity contribution in [2.24, 2.45) is 7.05 Å². The van der Waals surface area contributed by atoms with E-state index in [0.29, 0.717) is 12.8 Å². The number of ether oxygens (including phenoxy) is 1. The minimum Gasteiger partial charge on any atom is -0.427 e. The summed E-state index contributed by atoms with van der Waals surface area (Å²) < 4.78 is 7.03. The van der Waals surface area contributed by atoms with Crippen LogP contribution in [0, 0.1) is 0 Å². The summed E-state index contributed by atoms with van der Waals surface area (Å²) in [5.41, 5.74) is 2.78. The van der Waals surface area contributed by atoms with Crippen LogP contribution in [0.4, 0.5) is 4.79 Å². The van der Waals surface area contributed by atoms with Crippen LogP contribution in [0.5, 0.6) is 0 Å².